The number of nitrogens with two attached hydrogens (primary N) is 1. The van der Waals surface area contributed by atoms with Crippen molar-refractivity contribution in [1.82, 2.24) is 0 Å². The molecule has 19 heavy (non-hydrogen) atoms. The lowest BCUT2D eigenvalue weighted by Crippen LogP contribution is -1.93. The van der Waals surface area contributed by atoms with E-state index in [4.69, 9.17) is 14.9 Å². The van der Waals surface area contributed by atoms with E-state index in [9.17, 15) is 0 Å². The SMILES string of the molecule is Cc1cccc(OCc2cc3cccc(N)c3o2)c1. The molecule has 3 aromatic rings. The number of hydrogen-bond acceptors (Lipinski definition) is 3. The van der Waals surface area contributed by atoms with Gasteiger partial charge in [0.05, 0.1) is 5.69 Å². The van der Waals surface area contributed by atoms with Crippen LogP contribution in [0, 0.1) is 6.92 Å². The Balaban J connectivity index is 1.80. The van der Waals surface area contributed by atoms with Crippen molar-refractivity contribution < 1.29 is 9.15 Å². The van der Waals surface area contributed by atoms with Crippen LogP contribution in [-0.2, 0) is 6.61 Å². The van der Waals surface area contributed by atoms with Gasteiger partial charge in [-0.15, -0.1) is 0 Å². The average Bonchev–Trinajstić information content (AvgIpc) is 2.81. The minimum atomic E-state index is 0.400. The van der Waals surface area contributed by atoms with Crippen LogP contribution in [0.3, 0.4) is 0 Å². The van der Waals surface area contributed by atoms with Gasteiger partial charge in [-0.1, -0.05) is 24.3 Å². The van der Waals surface area contributed by atoms with Gasteiger partial charge in [0, 0.05) is 5.39 Å². The van der Waals surface area contributed by atoms with Gasteiger partial charge in [0.2, 0.25) is 0 Å². The van der Waals surface area contributed by atoms with E-state index in [-0.39, 0.29) is 0 Å². The first-order chi connectivity index (χ1) is 9.22. The number of rotatable bonds is 3. The predicted octanol–water partition coefficient (Wildman–Crippen LogP) is 3.90. The number of benzene rings is 2. The second-order valence-corrected chi connectivity index (χ2v) is 4.58. The van der Waals surface area contributed by atoms with Gasteiger partial charge < -0.3 is 14.9 Å². The Hall–Kier alpha value is -2.42. The number of hydrogen-bond donors (Lipinski definition) is 1. The summed E-state index contributed by atoms with van der Waals surface area (Å²) in [5.41, 5.74) is 8.41. The highest BCUT2D eigenvalue weighted by Gasteiger charge is 2.06. The van der Waals surface area contributed by atoms with E-state index < -0.39 is 0 Å². The highest BCUT2D eigenvalue weighted by molar-refractivity contribution is 5.88. The van der Waals surface area contributed by atoms with Crippen LogP contribution in [-0.4, -0.2) is 0 Å². The molecule has 2 N–H and O–H groups in total. The lowest BCUT2D eigenvalue weighted by molar-refractivity contribution is 0.274. The summed E-state index contributed by atoms with van der Waals surface area (Å²) in [6.45, 7) is 2.44. The van der Waals surface area contributed by atoms with Gasteiger partial charge in [0.1, 0.15) is 18.1 Å². The molecule has 0 saturated heterocycles. The monoisotopic (exact) mass is 253 g/mol. The molecule has 0 amide bonds. The molecule has 0 aliphatic rings. The zero-order valence-corrected chi connectivity index (χ0v) is 10.7. The lowest BCUT2D eigenvalue weighted by atomic mass is 10.2. The summed E-state index contributed by atoms with van der Waals surface area (Å²) in [5, 5.41) is 1.00. The summed E-state index contributed by atoms with van der Waals surface area (Å²) in [5.74, 6) is 1.61. The van der Waals surface area contributed by atoms with Crippen LogP contribution in [0.2, 0.25) is 0 Å². The molecule has 0 radical (unpaired) electrons. The highest BCUT2D eigenvalue weighted by Crippen LogP contribution is 2.25. The number of furan rings is 1. The maximum atomic E-state index is 5.86. The molecule has 3 rings (SSSR count). The molecule has 96 valence electrons. The Labute approximate surface area is 111 Å². The Morgan fingerprint density at radius 3 is 2.74 bits per heavy atom. The first kappa shape index (κ1) is 11.7. The molecule has 0 aliphatic carbocycles. The molecule has 0 saturated carbocycles. The van der Waals surface area contributed by atoms with E-state index in [0.717, 1.165) is 22.5 Å². The fraction of sp³-hybridized carbons (Fsp3) is 0.125. The van der Waals surface area contributed by atoms with Crippen molar-refractivity contribution in [2.75, 3.05) is 5.73 Å². The summed E-state index contributed by atoms with van der Waals surface area (Å²) in [4.78, 5) is 0. The zero-order valence-electron chi connectivity index (χ0n) is 10.7. The third-order valence-electron chi connectivity index (χ3n) is 3.00. The summed E-state index contributed by atoms with van der Waals surface area (Å²) in [6, 6.07) is 15.6. The van der Waals surface area contributed by atoms with Crippen LogP contribution in [0.15, 0.2) is 52.9 Å². The summed E-state index contributed by atoms with van der Waals surface area (Å²) >= 11 is 0. The van der Waals surface area contributed by atoms with Crippen LogP contribution in [0.5, 0.6) is 5.75 Å². The van der Waals surface area contributed by atoms with E-state index >= 15 is 0 Å². The molecule has 2 aromatic carbocycles. The third-order valence-corrected chi connectivity index (χ3v) is 3.00. The van der Waals surface area contributed by atoms with Gasteiger partial charge >= 0.3 is 0 Å². The number of aryl methyl sites for hydroxylation is 1. The smallest absolute Gasteiger partial charge is 0.157 e. The largest absolute Gasteiger partial charge is 0.486 e. The minimum absolute atomic E-state index is 0.400. The summed E-state index contributed by atoms with van der Waals surface area (Å²) in [7, 11) is 0. The Morgan fingerprint density at radius 2 is 1.95 bits per heavy atom. The Morgan fingerprint density at radius 1 is 1.11 bits per heavy atom. The van der Waals surface area contributed by atoms with Crippen molar-refractivity contribution in [3.05, 3.63) is 59.9 Å². The number of fused-ring (bicyclic) bond motifs is 1. The van der Waals surface area contributed by atoms with Crippen molar-refractivity contribution in [2.24, 2.45) is 0 Å². The lowest BCUT2D eigenvalue weighted by Gasteiger charge is -2.04. The van der Waals surface area contributed by atoms with E-state index in [1.165, 1.54) is 5.56 Å². The van der Waals surface area contributed by atoms with Gasteiger partial charge in [-0.3, -0.25) is 0 Å². The standard InChI is InChI=1S/C16H15NO2/c1-11-4-2-6-13(8-11)18-10-14-9-12-5-3-7-15(17)16(12)19-14/h2-9H,10,17H2,1H3. The number of para-hydroxylation sites is 1. The van der Waals surface area contributed by atoms with Crippen LogP contribution < -0.4 is 10.5 Å². The minimum Gasteiger partial charge on any atom is -0.486 e. The van der Waals surface area contributed by atoms with Crippen molar-refractivity contribution in [3.63, 3.8) is 0 Å². The zero-order chi connectivity index (χ0) is 13.2. The maximum Gasteiger partial charge on any atom is 0.157 e. The van der Waals surface area contributed by atoms with E-state index in [0.29, 0.717) is 12.3 Å². The second-order valence-electron chi connectivity index (χ2n) is 4.58. The molecule has 0 aliphatic heterocycles. The van der Waals surface area contributed by atoms with E-state index in [1.54, 1.807) is 0 Å². The average molecular weight is 253 g/mol. The number of anilines is 1. The fourth-order valence-corrected chi connectivity index (χ4v) is 2.07. The van der Waals surface area contributed by atoms with Crippen LogP contribution in [0.4, 0.5) is 5.69 Å². The molecule has 0 atom stereocenters. The summed E-state index contributed by atoms with van der Waals surface area (Å²) < 4.78 is 11.4. The van der Waals surface area contributed by atoms with Crippen LogP contribution >= 0.6 is 0 Å². The molecular weight excluding hydrogens is 238 g/mol. The van der Waals surface area contributed by atoms with Gasteiger partial charge in [-0.25, -0.2) is 0 Å². The highest BCUT2D eigenvalue weighted by atomic mass is 16.5. The van der Waals surface area contributed by atoms with Gasteiger partial charge in [0.25, 0.3) is 0 Å². The molecular formula is C16H15NO2. The van der Waals surface area contributed by atoms with Crippen LogP contribution in [0.25, 0.3) is 11.0 Å². The van der Waals surface area contributed by atoms with Crippen molar-refractivity contribution in [3.8, 4) is 5.75 Å². The van der Waals surface area contributed by atoms with Crippen LogP contribution in [0.1, 0.15) is 11.3 Å². The van der Waals surface area contributed by atoms with Crippen molar-refractivity contribution in [1.29, 1.82) is 0 Å². The molecule has 3 nitrogen and oxygen atoms in total. The van der Waals surface area contributed by atoms with Gasteiger partial charge in [-0.05, 0) is 36.8 Å². The molecule has 0 fully saturated rings. The molecule has 3 heteroatoms. The number of nitrogen functional groups attached to an aromatic ring is 1. The quantitative estimate of drug-likeness (QED) is 0.720. The van der Waals surface area contributed by atoms with Crippen molar-refractivity contribution >= 4 is 16.7 Å². The van der Waals surface area contributed by atoms with Gasteiger partial charge in [-0.2, -0.15) is 0 Å². The Bertz CT molecular complexity index is 716. The molecule has 0 unspecified atom stereocenters. The maximum absolute atomic E-state index is 5.86. The van der Waals surface area contributed by atoms with Crippen molar-refractivity contribution in [2.45, 2.75) is 13.5 Å². The fourth-order valence-electron chi connectivity index (χ4n) is 2.07. The van der Waals surface area contributed by atoms with E-state index in [1.807, 2.05) is 55.5 Å². The Kier molecular flexibility index (Phi) is 2.88. The summed E-state index contributed by atoms with van der Waals surface area (Å²) in [6.07, 6.45) is 0. The second kappa shape index (κ2) is 4.69. The van der Waals surface area contributed by atoms with Gasteiger partial charge in [0.15, 0.2) is 5.58 Å². The first-order valence-corrected chi connectivity index (χ1v) is 6.19. The predicted molar refractivity (Wildman–Crippen MR) is 76.1 cm³/mol. The molecule has 0 spiro atoms. The molecule has 0 bridgehead atoms. The molecule has 1 aromatic heterocycles. The van der Waals surface area contributed by atoms with E-state index in [2.05, 4.69) is 0 Å². The third kappa shape index (κ3) is 2.40. The number of ether oxygens (including phenoxy) is 1. The first-order valence-electron chi connectivity index (χ1n) is 6.19. The normalized spacial score (nSPS) is 10.8. The molecule has 1 heterocycles. The topological polar surface area (TPSA) is 48.4 Å².